The van der Waals surface area contributed by atoms with Crippen molar-refractivity contribution in [2.75, 3.05) is 12.0 Å². The summed E-state index contributed by atoms with van der Waals surface area (Å²) in [5.74, 6) is 0.657. The van der Waals surface area contributed by atoms with Crippen LogP contribution in [0.5, 0.6) is 0 Å². The van der Waals surface area contributed by atoms with Crippen LogP contribution >= 0.6 is 0 Å². The van der Waals surface area contributed by atoms with Gasteiger partial charge in [-0.3, -0.25) is 15.8 Å². The van der Waals surface area contributed by atoms with Crippen LogP contribution in [0, 0.1) is 5.82 Å². The largest absolute Gasteiger partial charge is 0.297 e. The number of aryl methyl sites for hydroxylation is 1. The first kappa shape index (κ1) is 10.9. The summed E-state index contributed by atoms with van der Waals surface area (Å²) in [5, 5.41) is 0. The minimum Gasteiger partial charge on any atom is -0.297 e. The molecule has 0 aromatic heterocycles. The lowest BCUT2D eigenvalue weighted by atomic mass is 10.1. The summed E-state index contributed by atoms with van der Waals surface area (Å²) in [6.07, 6.45) is 2.90. The monoisotopic (exact) mass is 221 g/mol. The van der Waals surface area contributed by atoms with Crippen molar-refractivity contribution in [3.8, 4) is 0 Å². The van der Waals surface area contributed by atoms with Crippen LogP contribution in [0.1, 0.15) is 25.3 Å². The van der Waals surface area contributed by atoms with Crippen molar-refractivity contribution in [1.29, 1.82) is 0 Å². The molecule has 0 amide bonds. The van der Waals surface area contributed by atoms with E-state index in [4.69, 9.17) is 0 Å². The van der Waals surface area contributed by atoms with Crippen molar-refractivity contribution in [2.45, 2.75) is 26.2 Å². The molecule has 0 spiro atoms. The number of amidine groups is 1. The van der Waals surface area contributed by atoms with Gasteiger partial charge < -0.3 is 0 Å². The molecule has 86 valence electrons. The van der Waals surface area contributed by atoms with Crippen molar-refractivity contribution in [1.82, 2.24) is 5.43 Å². The molecule has 0 saturated heterocycles. The molecule has 0 atom stereocenters. The number of nitrogens with one attached hydrogen (secondary N) is 2. The molecule has 0 saturated carbocycles. The average Bonchev–Trinajstić information content (AvgIpc) is 2.81. The van der Waals surface area contributed by atoms with E-state index in [0.29, 0.717) is 5.69 Å². The summed E-state index contributed by atoms with van der Waals surface area (Å²) in [6, 6.07) is 5.10. The normalized spacial score (nSPS) is 14.8. The molecule has 2 N–H and O–H groups in total. The molecule has 1 aliphatic rings. The van der Waals surface area contributed by atoms with Gasteiger partial charge in [-0.1, -0.05) is 13.0 Å². The molecule has 0 bridgehead atoms. The second kappa shape index (κ2) is 4.96. The lowest BCUT2D eigenvalue weighted by Gasteiger charge is -2.11. The van der Waals surface area contributed by atoms with E-state index in [1.165, 1.54) is 6.07 Å². The van der Waals surface area contributed by atoms with Crippen molar-refractivity contribution in [3.05, 3.63) is 29.6 Å². The van der Waals surface area contributed by atoms with Gasteiger partial charge in [0.15, 0.2) is 0 Å². The molecule has 1 aromatic carbocycles. The molecule has 0 aliphatic carbocycles. The summed E-state index contributed by atoms with van der Waals surface area (Å²) >= 11 is 0. The van der Waals surface area contributed by atoms with E-state index in [9.17, 15) is 4.39 Å². The summed E-state index contributed by atoms with van der Waals surface area (Å²) in [4.78, 5) is 4.24. The number of anilines is 1. The Morgan fingerprint density at radius 1 is 1.38 bits per heavy atom. The molecule has 1 aliphatic heterocycles. The molecule has 0 radical (unpaired) electrons. The van der Waals surface area contributed by atoms with Gasteiger partial charge in [0, 0.05) is 13.0 Å². The predicted molar refractivity (Wildman–Crippen MR) is 64.1 cm³/mol. The molecule has 16 heavy (non-hydrogen) atoms. The molecule has 4 heteroatoms. The van der Waals surface area contributed by atoms with Gasteiger partial charge in [-0.2, -0.15) is 0 Å². The number of hydrazine groups is 1. The van der Waals surface area contributed by atoms with Gasteiger partial charge in [-0.25, -0.2) is 4.39 Å². The zero-order chi connectivity index (χ0) is 11.4. The van der Waals surface area contributed by atoms with Crippen LogP contribution in [0.3, 0.4) is 0 Å². The third-order valence-corrected chi connectivity index (χ3v) is 2.65. The van der Waals surface area contributed by atoms with Gasteiger partial charge >= 0.3 is 0 Å². The first-order valence-electron chi connectivity index (χ1n) is 5.63. The number of hydrogen-bond acceptors (Lipinski definition) is 3. The Bertz CT molecular complexity index is 401. The van der Waals surface area contributed by atoms with E-state index in [2.05, 4.69) is 15.8 Å². The van der Waals surface area contributed by atoms with Crippen molar-refractivity contribution in [2.24, 2.45) is 4.99 Å². The molecule has 2 rings (SSSR count). The second-order valence-corrected chi connectivity index (χ2v) is 3.85. The first-order valence-corrected chi connectivity index (χ1v) is 5.63. The van der Waals surface area contributed by atoms with Crippen LogP contribution in [0.2, 0.25) is 0 Å². The lowest BCUT2D eigenvalue weighted by molar-refractivity contribution is 0.628. The van der Waals surface area contributed by atoms with Gasteiger partial charge in [0.05, 0.1) is 5.69 Å². The zero-order valence-electron chi connectivity index (χ0n) is 9.39. The topological polar surface area (TPSA) is 36.4 Å². The average molecular weight is 221 g/mol. The molecule has 1 aromatic rings. The van der Waals surface area contributed by atoms with E-state index in [-0.39, 0.29) is 5.82 Å². The lowest BCUT2D eigenvalue weighted by Crippen LogP contribution is -2.28. The minimum absolute atomic E-state index is 0.247. The van der Waals surface area contributed by atoms with Gasteiger partial charge in [-0.05, 0) is 30.5 Å². The van der Waals surface area contributed by atoms with E-state index in [1.54, 1.807) is 6.07 Å². The van der Waals surface area contributed by atoms with E-state index in [1.807, 2.05) is 13.0 Å². The Morgan fingerprint density at radius 2 is 2.25 bits per heavy atom. The molecule has 3 nitrogen and oxygen atoms in total. The fourth-order valence-electron chi connectivity index (χ4n) is 1.67. The number of benzene rings is 1. The Balaban J connectivity index is 2.02. The minimum atomic E-state index is -0.247. The molecular formula is C12H16FN3. The smallest absolute Gasteiger partial charge is 0.148 e. The SMILES string of the molecule is CCc1ccc(F)c(NNC2=NCCC2)c1. The highest BCUT2D eigenvalue weighted by Gasteiger charge is 2.07. The summed E-state index contributed by atoms with van der Waals surface area (Å²) in [7, 11) is 0. The summed E-state index contributed by atoms with van der Waals surface area (Å²) < 4.78 is 13.4. The van der Waals surface area contributed by atoms with Crippen molar-refractivity contribution in [3.63, 3.8) is 0 Å². The van der Waals surface area contributed by atoms with Gasteiger partial charge in [0.25, 0.3) is 0 Å². The number of nitrogens with zero attached hydrogens (tertiary/aromatic N) is 1. The van der Waals surface area contributed by atoms with Crippen LogP contribution in [0.15, 0.2) is 23.2 Å². The molecule has 1 heterocycles. The zero-order valence-corrected chi connectivity index (χ0v) is 9.39. The highest BCUT2D eigenvalue weighted by Crippen LogP contribution is 2.15. The number of rotatable bonds is 3. The third-order valence-electron chi connectivity index (χ3n) is 2.65. The van der Waals surface area contributed by atoms with Crippen LogP contribution in [-0.4, -0.2) is 12.4 Å². The summed E-state index contributed by atoms with van der Waals surface area (Å²) in [5.41, 5.74) is 7.41. The van der Waals surface area contributed by atoms with Crippen molar-refractivity contribution >= 4 is 11.5 Å². The van der Waals surface area contributed by atoms with Crippen LogP contribution in [-0.2, 0) is 6.42 Å². The molecular weight excluding hydrogens is 205 g/mol. The quantitative estimate of drug-likeness (QED) is 0.769. The predicted octanol–water partition coefficient (Wildman–Crippen LogP) is 2.50. The molecule has 0 unspecified atom stereocenters. The van der Waals surface area contributed by atoms with Crippen LogP contribution in [0.4, 0.5) is 10.1 Å². The van der Waals surface area contributed by atoms with Gasteiger partial charge in [0.2, 0.25) is 0 Å². The van der Waals surface area contributed by atoms with Crippen molar-refractivity contribution < 1.29 is 4.39 Å². The maximum atomic E-state index is 13.4. The van der Waals surface area contributed by atoms with E-state index in [0.717, 1.165) is 37.2 Å². The Hall–Kier alpha value is -1.58. The third kappa shape index (κ3) is 2.51. The Kier molecular flexibility index (Phi) is 3.39. The number of hydrogen-bond donors (Lipinski definition) is 2. The number of aliphatic imine (C=N–C) groups is 1. The summed E-state index contributed by atoms with van der Waals surface area (Å²) in [6.45, 7) is 2.91. The maximum Gasteiger partial charge on any atom is 0.148 e. The Labute approximate surface area is 94.7 Å². The standard InChI is InChI=1S/C12H16FN3/c1-2-9-5-6-10(13)11(8-9)15-16-12-4-3-7-14-12/h5-6,8,15H,2-4,7H2,1H3,(H,14,16). The maximum absolute atomic E-state index is 13.4. The molecule has 0 fully saturated rings. The fourth-order valence-corrected chi connectivity index (χ4v) is 1.67. The highest BCUT2D eigenvalue weighted by atomic mass is 19.1. The van der Waals surface area contributed by atoms with E-state index < -0.39 is 0 Å². The van der Waals surface area contributed by atoms with Crippen LogP contribution in [0.25, 0.3) is 0 Å². The van der Waals surface area contributed by atoms with Gasteiger partial charge in [0.1, 0.15) is 11.7 Å². The highest BCUT2D eigenvalue weighted by molar-refractivity contribution is 5.84. The number of halogens is 1. The fraction of sp³-hybridized carbons (Fsp3) is 0.417. The van der Waals surface area contributed by atoms with Gasteiger partial charge in [-0.15, -0.1) is 0 Å². The first-order chi connectivity index (χ1) is 7.79. The second-order valence-electron chi connectivity index (χ2n) is 3.85. The Morgan fingerprint density at radius 3 is 2.94 bits per heavy atom. The van der Waals surface area contributed by atoms with E-state index >= 15 is 0 Å². The van der Waals surface area contributed by atoms with Crippen LogP contribution < -0.4 is 10.9 Å².